The van der Waals surface area contributed by atoms with Crippen LogP contribution in [0.5, 0.6) is 0 Å². The van der Waals surface area contributed by atoms with Crippen LogP contribution in [-0.2, 0) is 14.6 Å². The summed E-state index contributed by atoms with van der Waals surface area (Å²) in [6.07, 6.45) is 1.34. The van der Waals surface area contributed by atoms with Crippen molar-refractivity contribution >= 4 is 38.5 Å². The zero-order valence-corrected chi connectivity index (χ0v) is 16.1. The van der Waals surface area contributed by atoms with E-state index in [1.54, 1.807) is 4.90 Å². The highest BCUT2D eigenvalue weighted by atomic mass is 32.2. The van der Waals surface area contributed by atoms with Crippen LogP contribution in [0.25, 0.3) is 11.0 Å². The molecule has 25 heavy (non-hydrogen) atoms. The molecule has 1 N–H and O–H groups in total. The van der Waals surface area contributed by atoms with Gasteiger partial charge in [-0.3, -0.25) is 4.79 Å². The molecule has 0 unspecified atom stereocenters. The number of aromatic nitrogens is 2. The van der Waals surface area contributed by atoms with Crippen molar-refractivity contribution in [3.8, 4) is 0 Å². The zero-order valence-electron chi connectivity index (χ0n) is 14.4. The van der Waals surface area contributed by atoms with Crippen molar-refractivity contribution in [2.75, 3.05) is 17.3 Å². The molecule has 1 aliphatic rings. The summed E-state index contributed by atoms with van der Waals surface area (Å²) in [5.74, 6) is 0.482. The highest BCUT2D eigenvalue weighted by Crippen LogP contribution is 2.24. The highest BCUT2D eigenvalue weighted by molar-refractivity contribution is 7.99. The molecule has 1 fully saturated rings. The van der Waals surface area contributed by atoms with Crippen LogP contribution in [0.1, 0.15) is 26.7 Å². The van der Waals surface area contributed by atoms with Gasteiger partial charge in [-0.15, -0.1) is 0 Å². The Hall–Kier alpha value is -1.54. The van der Waals surface area contributed by atoms with Gasteiger partial charge < -0.3 is 9.88 Å². The SMILES string of the molecule is CC[C@H](C)N(C(=O)CSc1nc2ccccc2[nH]1)[C@H]1CCS(=O)(=O)C1. The fourth-order valence-corrected chi connectivity index (χ4v) is 5.67. The number of aromatic amines is 1. The van der Waals surface area contributed by atoms with Gasteiger partial charge in [0, 0.05) is 12.1 Å². The third kappa shape index (κ3) is 4.17. The number of amides is 1. The van der Waals surface area contributed by atoms with Gasteiger partial charge in [0.1, 0.15) is 0 Å². The maximum absolute atomic E-state index is 12.8. The Bertz CT molecular complexity index is 830. The summed E-state index contributed by atoms with van der Waals surface area (Å²) in [6, 6.07) is 7.56. The molecule has 6 nitrogen and oxygen atoms in total. The quantitative estimate of drug-likeness (QED) is 0.777. The fraction of sp³-hybridized carbons (Fsp3) is 0.529. The van der Waals surface area contributed by atoms with Gasteiger partial charge in [-0.05, 0) is 31.9 Å². The maximum atomic E-state index is 12.8. The summed E-state index contributed by atoms with van der Waals surface area (Å²) in [4.78, 5) is 22.2. The van der Waals surface area contributed by atoms with Gasteiger partial charge in [-0.25, -0.2) is 13.4 Å². The van der Waals surface area contributed by atoms with Crippen molar-refractivity contribution in [3.05, 3.63) is 24.3 Å². The number of thioether (sulfide) groups is 1. The summed E-state index contributed by atoms with van der Waals surface area (Å²) >= 11 is 1.36. The molecule has 0 radical (unpaired) electrons. The van der Waals surface area contributed by atoms with E-state index in [1.165, 1.54) is 11.8 Å². The van der Waals surface area contributed by atoms with Crippen LogP contribution in [-0.4, -0.2) is 58.5 Å². The lowest BCUT2D eigenvalue weighted by molar-refractivity contribution is -0.132. The molecule has 8 heteroatoms. The lowest BCUT2D eigenvalue weighted by Gasteiger charge is -2.33. The van der Waals surface area contributed by atoms with Gasteiger partial charge in [0.05, 0.1) is 28.3 Å². The molecule has 0 saturated carbocycles. The van der Waals surface area contributed by atoms with Gasteiger partial charge in [0.25, 0.3) is 0 Å². The molecule has 136 valence electrons. The summed E-state index contributed by atoms with van der Waals surface area (Å²) < 4.78 is 23.6. The first kappa shape index (κ1) is 18.3. The number of rotatable bonds is 6. The summed E-state index contributed by atoms with van der Waals surface area (Å²) in [6.45, 7) is 4.00. The number of carbonyl (C=O) groups excluding carboxylic acids is 1. The number of nitrogens with one attached hydrogen (secondary N) is 1. The first-order chi connectivity index (χ1) is 11.9. The minimum atomic E-state index is -3.02. The second-order valence-corrected chi connectivity index (χ2v) is 9.66. The predicted octanol–water partition coefficient (Wildman–Crippen LogP) is 2.47. The Morgan fingerprint density at radius 1 is 1.44 bits per heavy atom. The molecule has 1 aromatic carbocycles. The molecule has 1 amide bonds. The third-order valence-electron chi connectivity index (χ3n) is 4.66. The van der Waals surface area contributed by atoms with Crippen LogP contribution >= 0.6 is 11.8 Å². The smallest absolute Gasteiger partial charge is 0.233 e. The first-order valence-electron chi connectivity index (χ1n) is 8.48. The minimum absolute atomic E-state index is 0.0260. The van der Waals surface area contributed by atoms with E-state index in [1.807, 2.05) is 38.1 Å². The molecule has 2 aromatic rings. The number of para-hydroxylation sites is 2. The van der Waals surface area contributed by atoms with Gasteiger partial charge in [-0.2, -0.15) is 0 Å². The van der Waals surface area contributed by atoms with Crippen molar-refractivity contribution in [2.45, 2.75) is 43.9 Å². The summed E-state index contributed by atoms with van der Waals surface area (Å²) in [5.41, 5.74) is 1.82. The number of sulfone groups is 1. The number of fused-ring (bicyclic) bond motifs is 1. The number of carbonyl (C=O) groups is 1. The Morgan fingerprint density at radius 2 is 2.20 bits per heavy atom. The molecule has 1 aliphatic heterocycles. The Balaban J connectivity index is 1.69. The molecular weight excluding hydrogens is 358 g/mol. The lowest BCUT2D eigenvalue weighted by atomic mass is 10.1. The Kier molecular flexibility index (Phi) is 5.38. The Labute approximate surface area is 152 Å². The van der Waals surface area contributed by atoms with Crippen molar-refractivity contribution in [1.82, 2.24) is 14.9 Å². The van der Waals surface area contributed by atoms with E-state index in [0.717, 1.165) is 17.5 Å². The van der Waals surface area contributed by atoms with Crippen molar-refractivity contribution in [1.29, 1.82) is 0 Å². The van der Waals surface area contributed by atoms with Crippen LogP contribution in [0.2, 0.25) is 0 Å². The van der Waals surface area contributed by atoms with E-state index in [9.17, 15) is 13.2 Å². The summed E-state index contributed by atoms with van der Waals surface area (Å²) in [7, 11) is -3.02. The Morgan fingerprint density at radius 3 is 2.84 bits per heavy atom. The monoisotopic (exact) mass is 381 g/mol. The largest absolute Gasteiger partial charge is 0.335 e. The number of nitrogens with zero attached hydrogens (tertiary/aromatic N) is 2. The molecule has 1 aromatic heterocycles. The maximum Gasteiger partial charge on any atom is 0.233 e. The van der Waals surface area contributed by atoms with E-state index in [4.69, 9.17) is 0 Å². The molecular formula is C17H23N3O3S2. The lowest BCUT2D eigenvalue weighted by Crippen LogP contribution is -2.47. The van der Waals surface area contributed by atoms with E-state index >= 15 is 0 Å². The molecule has 2 atom stereocenters. The van der Waals surface area contributed by atoms with E-state index in [-0.39, 0.29) is 35.2 Å². The third-order valence-corrected chi connectivity index (χ3v) is 7.26. The number of H-pyrrole nitrogens is 1. The fourth-order valence-electron chi connectivity index (χ4n) is 3.20. The standard InChI is InChI=1S/C17H23N3O3S2/c1-3-12(2)20(13-8-9-25(22,23)11-13)16(21)10-24-17-18-14-6-4-5-7-15(14)19-17/h4-7,12-13H,3,8-11H2,1-2H3,(H,18,19)/t12-,13-/m0/s1. The topological polar surface area (TPSA) is 83.1 Å². The molecule has 3 rings (SSSR count). The number of hydrogen-bond donors (Lipinski definition) is 1. The van der Waals surface area contributed by atoms with E-state index in [0.29, 0.717) is 11.6 Å². The van der Waals surface area contributed by atoms with Gasteiger partial charge in [0.15, 0.2) is 15.0 Å². The average molecular weight is 382 g/mol. The van der Waals surface area contributed by atoms with Gasteiger partial charge >= 0.3 is 0 Å². The molecule has 2 heterocycles. The number of benzene rings is 1. The van der Waals surface area contributed by atoms with Crippen LogP contribution < -0.4 is 0 Å². The molecule has 0 bridgehead atoms. The second-order valence-electron chi connectivity index (χ2n) is 6.46. The summed E-state index contributed by atoms with van der Waals surface area (Å²) in [5, 5.41) is 0.706. The zero-order chi connectivity index (χ0) is 18.0. The first-order valence-corrected chi connectivity index (χ1v) is 11.3. The highest BCUT2D eigenvalue weighted by Gasteiger charge is 2.36. The molecule has 0 spiro atoms. The van der Waals surface area contributed by atoms with Crippen LogP contribution in [0.15, 0.2) is 29.4 Å². The van der Waals surface area contributed by atoms with Gasteiger partial charge in [-0.1, -0.05) is 30.8 Å². The van der Waals surface area contributed by atoms with Crippen molar-refractivity contribution in [3.63, 3.8) is 0 Å². The normalized spacial score (nSPS) is 20.6. The van der Waals surface area contributed by atoms with Crippen LogP contribution in [0.3, 0.4) is 0 Å². The predicted molar refractivity (Wildman–Crippen MR) is 100 cm³/mol. The minimum Gasteiger partial charge on any atom is -0.335 e. The van der Waals surface area contributed by atoms with E-state index < -0.39 is 9.84 Å². The molecule has 0 aliphatic carbocycles. The van der Waals surface area contributed by atoms with E-state index in [2.05, 4.69) is 9.97 Å². The average Bonchev–Trinajstić information content (AvgIpc) is 3.15. The van der Waals surface area contributed by atoms with Crippen LogP contribution in [0, 0.1) is 0 Å². The van der Waals surface area contributed by atoms with Crippen LogP contribution in [0.4, 0.5) is 0 Å². The van der Waals surface area contributed by atoms with Crippen molar-refractivity contribution in [2.24, 2.45) is 0 Å². The number of imidazole rings is 1. The second kappa shape index (κ2) is 7.37. The van der Waals surface area contributed by atoms with Gasteiger partial charge in [0.2, 0.25) is 5.91 Å². The van der Waals surface area contributed by atoms with Crippen molar-refractivity contribution < 1.29 is 13.2 Å². The number of hydrogen-bond acceptors (Lipinski definition) is 5. The molecule has 1 saturated heterocycles.